The Morgan fingerprint density at radius 2 is 2.37 bits per heavy atom. The van der Waals surface area contributed by atoms with Crippen LogP contribution in [-0.2, 0) is 9.53 Å². The van der Waals surface area contributed by atoms with Gasteiger partial charge in [-0.25, -0.2) is 4.98 Å². The molecule has 1 aromatic carbocycles. The first-order valence-electron chi connectivity index (χ1n) is 6.07. The van der Waals surface area contributed by atoms with Gasteiger partial charge in [-0.1, -0.05) is 0 Å². The van der Waals surface area contributed by atoms with Crippen molar-refractivity contribution >= 4 is 33.1 Å². The maximum absolute atomic E-state index is 11.8. The molecule has 2 aromatic rings. The van der Waals surface area contributed by atoms with Crippen molar-refractivity contribution in [3.63, 3.8) is 0 Å². The van der Waals surface area contributed by atoms with Crippen molar-refractivity contribution in [2.45, 2.75) is 13.0 Å². The van der Waals surface area contributed by atoms with Crippen LogP contribution in [0.1, 0.15) is 6.92 Å². The quantitative estimate of drug-likeness (QED) is 0.792. The molecular formula is C13H17N3O2S. The van der Waals surface area contributed by atoms with Crippen LogP contribution in [0.15, 0.2) is 23.7 Å². The number of methoxy groups -OCH3 is 1. The lowest BCUT2D eigenvalue weighted by atomic mass is 10.2. The molecule has 19 heavy (non-hydrogen) atoms. The topological polar surface area (TPSA) is 63.2 Å². The monoisotopic (exact) mass is 279 g/mol. The van der Waals surface area contributed by atoms with Crippen molar-refractivity contribution in [2.75, 3.05) is 25.6 Å². The predicted octanol–water partition coefficient (Wildman–Crippen LogP) is 1.86. The van der Waals surface area contributed by atoms with Crippen molar-refractivity contribution in [1.29, 1.82) is 0 Å². The van der Waals surface area contributed by atoms with E-state index in [2.05, 4.69) is 15.6 Å². The molecule has 1 unspecified atom stereocenters. The minimum Gasteiger partial charge on any atom is -0.383 e. The third-order valence-electron chi connectivity index (χ3n) is 2.71. The van der Waals surface area contributed by atoms with Crippen molar-refractivity contribution in [1.82, 2.24) is 10.3 Å². The molecular weight excluding hydrogens is 262 g/mol. The van der Waals surface area contributed by atoms with Gasteiger partial charge in [-0.2, -0.15) is 0 Å². The Morgan fingerprint density at radius 1 is 1.53 bits per heavy atom. The molecule has 0 aliphatic heterocycles. The van der Waals surface area contributed by atoms with Gasteiger partial charge in [0.2, 0.25) is 5.91 Å². The zero-order valence-corrected chi connectivity index (χ0v) is 11.8. The third-order valence-corrected chi connectivity index (χ3v) is 3.50. The fourth-order valence-corrected chi connectivity index (χ4v) is 2.41. The van der Waals surface area contributed by atoms with Gasteiger partial charge in [-0.15, -0.1) is 11.3 Å². The van der Waals surface area contributed by atoms with Crippen LogP contribution in [0.2, 0.25) is 0 Å². The van der Waals surface area contributed by atoms with E-state index in [-0.39, 0.29) is 11.9 Å². The second kappa shape index (κ2) is 6.49. The standard InChI is InChI=1S/C13H17N3O2S/c1-9(13(17)14-5-6-18-2)16-10-3-4-11-12(7-10)19-8-15-11/h3-4,7-9,16H,5-6H2,1-2H3,(H,14,17). The van der Waals surface area contributed by atoms with Crippen LogP contribution >= 0.6 is 11.3 Å². The number of thiazole rings is 1. The Bertz CT molecular complexity index is 556. The summed E-state index contributed by atoms with van der Waals surface area (Å²) in [5.41, 5.74) is 3.72. The van der Waals surface area contributed by atoms with E-state index in [0.29, 0.717) is 13.2 Å². The number of rotatable bonds is 6. The number of nitrogens with one attached hydrogen (secondary N) is 2. The summed E-state index contributed by atoms with van der Waals surface area (Å²) in [5.74, 6) is -0.0403. The molecule has 1 aromatic heterocycles. The summed E-state index contributed by atoms with van der Waals surface area (Å²) in [7, 11) is 1.61. The molecule has 0 bridgehead atoms. The molecule has 102 valence electrons. The number of anilines is 1. The number of fused-ring (bicyclic) bond motifs is 1. The molecule has 0 saturated carbocycles. The van der Waals surface area contributed by atoms with Crippen LogP contribution in [0.25, 0.3) is 10.2 Å². The lowest BCUT2D eigenvalue weighted by Crippen LogP contribution is -2.39. The van der Waals surface area contributed by atoms with E-state index < -0.39 is 0 Å². The molecule has 6 heteroatoms. The van der Waals surface area contributed by atoms with Crippen molar-refractivity contribution in [2.24, 2.45) is 0 Å². The molecule has 0 saturated heterocycles. The van der Waals surface area contributed by atoms with E-state index in [1.807, 2.05) is 30.6 Å². The first-order chi connectivity index (χ1) is 9.20. The minimum absolute atomic E-state index is 0.0403. The van der Waals surface area contributed by atoms with Crippen molar-refractivity contribution < 1.29 is 9.53 Å². The van der Waals surface area contributed by atoms with Crippen LogP contribution in [0.5, 0.6) is 0 Å². The SMILES string of the molecule is COCCNC(=O)C(C)Nc1ccc2ncsc2c1. The van der Waals surface area contributed by atoms with Gasteiger partial charge in [0.05, 0.1) is 22.3 Å². The highest BCUT2D eigenvalue weighted by molar-refractivity contribution is 7.16. The summed E-state index contributed by atoms with van der Waals surface area (Å²) in [6.07, 6.45) is 0. The fraction of sp³-hybridized carbons (Fsp3) is 0.385. The molecule has 0 fully saturated rings. The summed E-state index contributed by atoms with van der Waals surface area (Å²) in [5, 5.41) is 5.98. The Kier molecular flexibility index (Phi) is 4.70. The lowest BCUT2D eigenvalue weighted by Gasteiger charge is -2.15. The van der Waals surface area contributed by atoms with Gasteiger partial charge in [0.1, 0.15) is 6.04 Å². The minimum atomic E-state index is -0.290. The number of nitrogens with zero attached hydrogens (tertiary/aromatic N) is 1. The first kappa shape index (κ1) is 13.8. The molecule has 0 aliphatic carbocycles. The zero-order valence-electron chi connectivity index (χ0n) is 11.0. The maximum atomic E-state index is 11.8. The molecule has 5 nitrogen and oxygen atoms in total. The Morgan fingerprint density at radius 3 is 3.16 bits per heavy atom. The second-order valence-electron chi connectivity index (χ2n) is 4.18. The van der Waals surface area contributed by atoms with Crippen LogP contribution in [0.3, 0.4) is 0 Å². The Balaban J connectivity index is 1.93. The summed E-state index contributed by atoms with van der Waals surface area (Å²) in [4.78, 5) is 16.0. The number of benzene rings is 1. The normalized spacial score (nSPS) is 12.3. The van der Waals surface area contributed by atoms with Crippen LogP contribution in [-0.4, -0.2) is 37.2 Å². The molecule has 0 aliphatic rings. The molecule has 2 N–H and O–H groups in total. The lowest BCUT2D eigenvalue weighted by molar-refractivity contribution is -0.121. The van der Waals surface area contributed by atoms with Gasteiger partial charge >= 0.3 is 0 Å². The molecule has 0 radical (unpaired) electrons. The number of amides is 1. The van der Waals surface area contributed by atoms with Gasteiger partial charge in [-0.3, -0.25) is 4.79 Å². The van der Waals surface area contributed by atoms with E-state index >= 15 is 0 Å². The number of ether oxygens (including phenoxy) is 1. The van der Waals surface area contributed by atoms with Gasteiger partial charge in [0, 0.05) is 19.3 Å². The van der Waals surface area contributed by atoms with E-state index in [1.54, 1.807) is 18.4 Å². The molecule has 2 rings (SSSR count). The van der Waals surface area contributed by atoms with Gasteiger partial charge in [-0.05, 0) is 25.1 Å². The van der Waals surface area contributed by atoms with Crippen molar-refractivity contribution in [3.8, 4) is 0 Å². The Hall–Kier alpha value is -1.66. The van der Waals surface area contributed by atoms with Crippen LogP contribution in [0.4, 0.5) is 5.69 Å². The zero-order chi connectivity index (χ0) is 13.7. The van der Waals surface area contributed by atoms with E-state index in [4.69, 9.17) is 4.74 Å². The average molecular weight is 279 g/mol. The van der Waals surface area contributed by atoms with Crippen LogP contribution < -0.4 is 10.6 Å². The van der Waals surface area contributed by atoms with E-state index in [0.717, 1.165) is 15.9 Å². The number of aromatic nitrogens is 1. The number of carbonyl (C=O) groups is 1. The van der Waals surface area contributed by atoms with Gasteiger partial charge in [0.15, 0.2) is 0 Å². The maximum Gasteiger partial charge on any atom is 0.242 e. The summed E-state index contributed by atoms with van der Waals surface area (Å²) in [6.45, 7) is 2.87. The molecule has 1 amide bonds. The number of hydrogen-bond acceptors (Lipinski definition) is 5. The highest BCUT2D eigenvalue weighted by Crippen LogP contribution is 2.22. The largest absolute Gasteiger partial charge is 0.383 e. The smallest absolute Gasteiger partial charge is 0.242 e. The number of hydrogen-bond donors (Lipinski definition) is 2. The summed E-state index contributed by atoms with van der Waals surface area (Å²) in [6, 6.07) is 5.60. The highest BCUT2D eigenvalue weighted by atomic mass is 32.1. The van der Waals surface area contributed by atoms with E-state index in [9.17, 15) is 4.79 Å². The van der Waals surface area contributed by atoms with Gasteiger partial charge in [0.25, 0.3) is 0 Å². The second-order valence-corrected chi connectivity index (χ2v) is 5.07. The molecule has 1 atom stereocenters. The molecule has 0 spiro atoms. The first-order valence-corrected chi connectivity index (χ1v) is 6.95. The summed E-state index contributed by atoms with van der Waals surface area (Å²) < 4.78 is 6.00. The summed E-state index contributed by atoms with van der Waals surface area (Å²) >= 11 is 1.59. The average Bonchev–Trinajstić information content (AvgIpc) is 2.86. The predicted molar refractivity (Wildman–Crippen MR) is 77.6 cm³/mol. The molecule has 1 heterocycles. The fourth-order valence-electron chi connectivity index (χ4n) is 1.69. The Labute approximate surface area is 116 Å². The van der Waals surface area contributed by atoms with Crippen LogP contribution in [0, 0.1) is 0 Å². The van der Waals surface area contributed by atoms with Crippen molar-refractivity contribution in [3.05, 3.63) is 23.7 Å². The highest BCUT2D eigenvalue weighted by Gasteiger charge is 2.12. The van der Waals surface area contributed by atoms with E-state index in [1.165, 1.54) is 0 Å². The van der Waals surface area contributed by atoms with Gasteiger partial charge < -0.3 is 15.4 Å². The number of carbonyl (C=O) groups excluding carboxylic acids is 1. The third kappa shape index (κ3) is 3.65.